The summed E-state index contributed by atoms with van der Waals surface area (Å²) in [5, 5.41) is 3.71. The van der Waals surface area contributed by atoms with Crippen LogP contribution in [0.25, 0.3) is 0 Å². The molecule has 0 aromatic carbocycles. The van der Waals surface area contributed by atoms with Crippen molar-refractivity contribution in [3.63, 3.8) is 0 Å². The molecule has 1 unspecified atom stereocenters. The van der Waals surface area contributed by atoms with E-state index in [1.165, 1.54) is 35.4 Å². The van der Waals surface area contributed by atoms with E-state index in [0.717, 1.165) is 19.4 Å². The number of thiophene rings is 1. The molecule has 19 heavy (non-hydrogen) atoms. The van der Waals surface area contributed by atoms with Gasteiger partial charge in [0, 0.05) is 22.9 Å². The SMILES string of the molecule is CCCNC(CC1(OC)CCC1)c1ccc(CC)s1. The van der Waals surface area contributed by atoms with Crippen LogP contribution in [-0.2, 0) is 11.2 Å². The number of nitrogens with one attached hydrogen (secondary N) is 1. The molecule has 1 atom stereocenters. The molecule has 1 aliphatic rings. The minimum absolute atomic E-state index is 0.141. The van der Waals surface area contributed by atoms with Crippen molar-refractivity contribution in [2.24, 2.45) is 0 Å². The van der Waals surface area contributed by atoms with Gasteiger partial charge in [-0.2, -0.15) is 0 Å². The first kappa shape index (κ1) is 15.0. The van der Waals surface area contributed by atoms with Crippen LogP contribution in [-0.4, -0.2) is 19.3 Å². The highest BCUT2D eigenvalue weighted by Crippen LogP contribution is 2.42. The number of hydrogen-bond acceptors (Lipinski definition) is 3. The predicted molar refractivity (Wildman–Crippen MR) is 82.9 cm³/mol. The molecule has 1 aromatic heterocycles. The monoisotopic (exact) mass is 281 g/mol. The van der Waals surface area contributed by atoms with Crippen LogP contribution in [0.5, 0.6) is 0 Å². The Kier molecular flexibility index (Phi) is 5.43. The summed E-state index contributed by atoms with van der Waals surface area (Å²) in [6.45, 7) is 5.54. The summed E-state index contributed by atoms with van der Waals surface area (Å²) in [6.07, 6.45) is 7.20. The molecule has 1 heterocycles. The average Bonchev–Trinajstić information content (AvgIpc) is 2.86. The lowest BCUT2D eigenvalue weighted by atomic mass is 9.75. The van der Waals surface area contributed by atoms with E-state index < -0.39 is 0 Å². The van der Waals surface area contributed by atoms with Crippen molar-refractivity contribution in [1.82, 2.24) is 5.32 Å². The summed E-state index contributed by atoms with van der Waals surface area (Å²) in [5.74, 6) is 0. The maximum atomic E-state index is 5.80. The molecular formula is C16H27NOS. The summed E-state index contributed by atoms with van der Waals surface area (Å²) in [6, 6.07) is 5.05. The molecule has 0 radical (unpaired) electrons. The standard InChI is InChI=1S/C16H27NOS/c1-4-11-17-14(12-16(18-3)9-6-10-16)15-8-7-13(5-2)19-15/h7-8,14,17H,4-6,9-12H2,1-3H3. The Morgan fingerprint density at radius 2 is 2.16 bits per heavy atom. The molecule has 1 aromatic rings. The van der Waals surface area contributed by atoms with Crippen molar-refractivity contribution >= 4 is 11.3 Å². The average molecular weight is 281 g/mol. The van der Waals surface area contributed by atoms with Gasteiger partial charge in [-0.25, -0.2) is 0 Å². The smallest absolute Gasteiger partial charge is 0.0697 e. The highest BCUT2D eigenvalue weighted by Gasteiger charge is 2.39. The molecule has 1 N–H and O–H groups in total. The number of methoxy groups -OCH3 is 1. The van der Waals surface area contributed by atoms with E-state index >= 15 is 0 Å². The highest BCUT2D eigenvalue weighted by atomic mass is 32.1. The lowest BCUT2D eigenvalue weighted by Crippen LogP contribution is -2.42. The number of aryl methyl sites for hydroxylation is 1. The van der Waals surface area contributed by atoms with E-state index in [0.29, 0.717) is 6.04 Å². The highest BCUT2D eigenvalue weighted by molar-refractivity contribution is 7.12. The second-order valence-corrected chi connectivity index (χ2v) is 6.81. The maximum absolute atomic E-state index is 5.80. The van der Waals surface area contributed by atoms with Crippen LogP contribution in [0, 0.1) is 0 Å². The fraction of sp³-hybridized carbons (Fsp3) is 0.750. The molecule has 2 rings (SSSR count). The quantitative estimate of drug-likeness (QED) is 0.766. The summed E-state index contributed by atoms with van der Waals surface area (Å²) in [7, 11) is 1.88. The molecule has 3 heteroatoms. The van der Waals surface area contributed by atoms with Crippen LogP contribution >= 0.6 is 11.3 Å². The minimum Gasteiger partial charge on any atom is -0.378 e. The Hall–Kier alpha value is -0.380. The Morgan fingerprint density at radius 1 is 1.37 bits per heavy atom. The summed E-state index contributed by atoms with van der Waals surface area (Å²) in [4.78, 5) is 2.96. The third kappa shape index (κ3) is 3.59. The Labute approximate surface area is 121 Å². The molecular weight excluding hydrogens is 254 g/mol. The maximum Gasteiger partial charge on any atom is 0.0697 e. The van der Waals surface area contributed by atoms with Gasteiger partial charge in [-0.05, 0) is 57.2 Å². The van der Waals surface area contributed by atoms with Crippen LogP contribution in [0.3, 0.4) is 0 Å². The van der Waals surface area contributed by atoms with Crippen LogP contribution in [0.2, 0.25) is 0 Å². The van der Waals surface area contributed by atoms with E-state index in [1.807, 2.05) is 18.4 Å². The van der Waals surface area contributed by atoms with Crippen molar-refractivity contribution in [3.8, 4) is 0 Å². The second kappa shape index (κ2) is 6.87. The van der Waals surface area contributed by atoms with Gasteiger partial charge in [0.25, 0.3) is 0 Å². The van der Waals surface area contributed by atoms with Crippen molar-refractivity contribution in [2.75, 3.05) is 13.7 Å². The zero-order valence-corrected chi connectivity index (χ0v) is 13.3. The van der Waals surface area contributed by atoms with E-state index in [-0.39, 0.29) is 5.60 Å². The third-order valence-electron chi connectivity index (χ3n) is 4.29. The molecule has 0 aliphatic heterocycles. The fourth-order valence-electron chi connectivity index (χ4n) is 2.80. The largest absolute Gasteiger partial charge is 0.378 e. The van der Waals surface area contributed by atoms with Gasteiger partial charge in [0.2, 0.25) is 0 Å². The Bertz CT molecular complexity index is 378. The summed E-state index contributed by atoms with van der Waals surface area (Å²) < 4.78 is 5.80. The van der Waals surface area contributed by atoms with E-state index in [1.54, 1.807) is 0 Å². The van der Waals surface area contributed by atoms with E-state index in [2.05, 4.69) is 31.3 Å². The first-order valence-corrected chi connectivity index (χ1v) is 8.42. The Morgan fingerprint density at radius 3 is 2.63 bits per heavy atom. The third-order valence-corrected chi connectivity index (χ3v) is 5.63. The minimum atomic E-state index is 0.141. The van der Waals surface area contributed by atoms with Gasteiger partial charge in [0.05, 0.1) is 5.60 Å². The molecule has 0 amide bonds. The normalized spacial score (nSPS) is 19.1. The second-order valence-electron chi connectivity index (χ2n) is 5.61. The van der Waals surface area contributed by atoms with Crippen molar-refractivity contribution < 1.29 is 4.74 Å². The van der Waals surface area contributed by atoms with Gasteiger partial charge in [-0.1, -0.05) is 13.8 Å². The predicted octanol–water partition coefficient (Wildman–Crippen LogP) is 4.31. The first-order valence-electron chi connectivity index (χ1n) is 7.60. The zero-order valence-electron chi connectivity index (χ0n) is 12.5. The molecule has 0 spiro atoms. The number of ether oxygens (including phenoxy) is 1. The van der Waals surface area contributed by atoms with Gasteiger partial charge in [0.15, 0.2) is 0 Å². The van der Waals surface area contributed by atoms with E-state index in [4.69, 9.17) is 4.74 Å². The molecule has 0 bridgehead atoms. The van der Waals surface area contributed by atoms with Gasteiger partial charge < -0.3 is 10.1 Å². The van der Waals surface area contributed by atoms with Crippen LogP contribution < -0.4 is 5.32 Å². The molecule has 0 saturated heterocycles. The molecule has 1 fully saturated rings. The molecule has 108 valence electrons. The van der Waals surface area contributed by atoms with Crippen molar-refractivity contribution in [3.05, 3.63) is 21.9 Å². The van der Waals surface area contributed by atoms with E-state index in [9.17, 15) is 0 Å². The van der Waals surface area contributed by atoms with Gasteiger partial charge >= 0.3 is 0 Å². The van der Waals surface area contributed by atoms with Gasteiger partial charge in [-0.15, -0.1) is 11.3 Å². The van der Waals surface area contributed by atoms with Crippen molar-refractivity contribution in [2.45, 2.75) is 64.0 Å². The topological polar surface area (TPSA) is 21.3 Å². The summed E-state index contributed by atoms with van der Waals surface area (Å²) in [5.41, 5.74) is 0.141. The fourth-order valence-corrected chi connectivity index (χ4v) is 3.83. The first-order chi connectivity index (χ1) is 9.23. The number of hydrogen-bond donors (Lipinski definition) is 1. The van der Waals surface area contributed by atoms with Crippen LogP contribution in [0.1, 0.15) is 61.7 Å². The molecule has 2 nitrogen and oxygen atoms in total. The van der Waals surface area contributed by atoms with Crippen molar-refractivity contribution in [1.29, 1.82) is 0 Å². The summed E-state index contributed by atoms with van der Waals surface area (Å²) >= 11 is 1.96. The van der Waals surface area contributed by atoms with Crippen LogP contribution in [0.15, 0.2) is 12.1 Å². The molecule has 1 aliphatic carbocycles. The number of rotatable bonds is 8. The lowest BCUT2D eigenvalue weighted by molar-refractivity contribution is -0.0836. The van der Waals surface area contributed by atoms with Gasteiger partial charge in [-0.3, -0.25) is 0 Å². The zero-order chi connectivity index (χ0) is 13.7. The Balaban J connectivity index is 2.06. The van der Waals surface area contributed by atoms with Gasteiger partial charge in [0.1, 0.15) is 0 Å². The molecule has 1 saturated carbocycles. The lowest BCUT2D eigenvalue weighted by Gasteiger charge is -2.42. The van der Waals surface area contributed by atoms with Crippen LogP contribution in [0.4, 0.5) is 0 Å².